The van der Waals surface area contributed by atoms with Gasteiger partial charge in [-0.1, -0.05) is 36.9 Å². The summed E-state index contributed by atoms with van der Waals surface area (Å²) in [4.78, 5) is 0. The molecule has 3 aromatic rings. The van der Waals surface area contributed by atoms with Crippen molar-refractivity contribution in [3.05, 3.63) is 72.9 Å². The number of para-hydroxylation sites is 1. The van der Waals surface area contributed by atoms with E-state index in [0.29, 0.717) is 5.70 Å². The van der Waals surface area contributed by atoms with E-state index in [9.17, 15) is 0 Å². The molecule has 0 amide bonds. The van der Waals surface area contributed by atoms with Gasteiger partial charge in [-0.2, -0.15) is 5.10 Å². The van der Waals surface area contributed by atoms with E-state index in [1.807, 2.05) is 60.7 Å². The fourth-order valence-electron chi connectivity index (χ4n) is 2.17. The normalized spacial score (nSPS) is 10.5. The molecule has 2 aromatic carbocycles. The number of nitrogens with zero attached hydrogens (tertiary/aromatic N) is 2. The Kier molecular flexibility index (Phi) is 3.20. The molecule has 4 nitrogen and oxygen atoms in total. The van der Waals surface area contributed by atoms with Crippen molar-refractivity contribution >= 4 is 11.4 Å². The molecule has 4 heteroatoms. The van der Waals surface area contributed by atoms with Crippen molar-refractivity contribution in [1.29, 1.82) is 0 Å². The van der Waals surface area contributed by atoms with Crippen LogP contribution in [-0.4, -0.2) is 9.78 Å². The van der Waals surface area contributed by atoms with Crippen LogP contribution in [0.25, 0.3) is 22.6 Å². The van der Waals surface area contributed by atoms with Crippen LogP contribution in [0.5, 0.6) is 0 Å². The lowest BCUT2D eigenvalue weighted by Crippen LogP contribution is -2.05. The molecule has 3 rings (SSSR count). The molecule has 21 heavy (non-hydrogen) atoms. The Labute approximate surface area is 123 Å². The van der Waals surface area contributed by atoms with Gasteiger partial charge in [0.15, 0.2) is 0 Å². The van der Waals surface area contributed by atoms with Crippen LogP contribution in [-0.2, 0) is 0 Å². The van der Waals surface area contributed by atoms with Gasteiger partial charge in [0.25, 0.3) is 0 Å². The van der Waals surface area contributed by atoms with Crippen LogP contribution in [0.4, 0.5) is 5.69 Å². The minimum Gasteiger partial charge on any atom is -0.399 e. The highest BCUT2D eigenvalue weighted by Crippen LogP contribution is 2.24. The van der Waals surface area contributed by atoms with E-state index in [-0.39, 0.29) is 0 Å². The minimum absolute atomic E-state index is 0.480. The molecule has 0 atom stereocenters. The second kappa shape index (κ2) is 5.17. The van der Waals surface area contributed by atoms with Crippen LogP contribution in [0.1, 0.15) is 5.69 Å². The van der Waals surface area contributed by atoms with Crippen LogP contribution in [0, 0.1) is 0 Å². The van der Waals surface area contributed by atoms with Crippen LogP contribution in [0.15, 0.2) is 67.2 Å². The maximum absolute atomic E-state index is 5.89. The summed E-state index contributed by atoms with van der Waals surface area (Å²) in [7, 11) is 0. The lowest BCUT2D eigenvalue weighted by atomic mass is 10.1. The van der Waals surface area contributed by atoms with Crippen molar-refractivity contribution in [3.63, 3.8) is 0 Å². The quantitative estimate of drug-likeness (QED) is 0.722. The monoisotopic (exact) mass is 276 g/mol. The molecule has 0 saturated heterocycles. The number of hydrogen-bond acceptors (Lipinski definition) is 3. The zero-order valence-corrected chi connectivity index (χ0v) is 11.5. The van der Waals surface area contributed by atoms with Gasteiger partial charge in [0.05, 0.1) is 22.8 Å². The highest BCUT2D eigenvalue weighted by molar-refractivity contribution is 5.68. The summed E-state index contributed by atoms with van der Waals surface area (Å²) >= 11 is 0. The van der Waals surface area contributed by atoms with Crippen molar-refractivity contribution in [2.45, 2.75) is 0 Å². The molecular weight excluding hydrogens is 260 g/mol. The number of hydrogen-bond donors (Lipinski definition) is 2. The third-order valence-corrected chi connectivity index (χ3v) is 3.25. The summed E-state index contributed by atoms with van der Waals surface area (Å²) < 4.78 is 1.80. The summed E-state index contributed by atoms with van der Waals surface area (Å²) in [5, 5.41) is 4.64. The third kappa shape index (κ3) is 2.51. The van der Waals surface area contributed by atoms with Crippen LogP contribution in [0.3, 0.4) is 0 Å². The Morgan fingerprint density at radius 1 is 1.00 bits per heavy atom. The lowest BCUT2D eigenvalue weighted by Gasteiger charge is -2.06. The van der Waals surface area contributed by atoms with Crippen molar-refractivity contribution in [2.24, 2.45) is 5.73 Å². The summed E-state index contributed by atoms with van der Waals surface area (Å²) in [6.07, 6.45) is 0. The first-order chi connectivity index (χ1) is 10.1. The molecule has 1 heterocycles. The molecule has 0 aliphatic heterocycles. The Morgan fingerprint density at radius 3 is 2.29 bits per heavy atom. The average molecular weight is 276 g/mol. The Morgan fingerprint density at radius 2 is 1.67 bits per heavy atom. The largest absolute Gasteiger partial charge is 0.399 e. The summed E-state index contributed by atoms with van der Waals surface area (Å²) in [6.45, 7) is 3.83. The predicted molar refractivity (Wildman–Crippen MR) is 86.6 cm³/mol. The molecule has 4 N–H and O–H groups in total. The van der Waals surface area contributed by atoms with Crippen LogP contribution < -0.4 is 11.5 Å². The molecule has 0 radical (unpaired) electrons. The van der Waals surface area contributed by atoms with Crippen molar-refractivity contribution in [1.82, 2.24) is 9.78 Å². The fraction of sp³-hybridized carbons (Fsp3) is 0. The Bertz CT molecular complexity index is 770. The standard InChI is InChI=1S/C17H16N4/c1-12(18)17-11-16(13-7-9-14(19)10-8-13)20-21(17)15-5-3-2-4-6-15/h2-11H,1,18-19H2. The summed E-state index contributed by atoms with van der Waals surface area (Å²) in [5.41, 5.74) is 16.4. The second-order valence-electron chi connectivity index (χ2n) is 4.81. The first-order valence-electron chi connectivity index (χ1n) is 6.61. The highest BCUT2D eigenvalue weighted by Gasteiger charge is 2.12. The van der Waals surface area contributed by atoms with Gasteiger partial charge >= 0.3 is 0 Å². The number of aromatic nitrogens is 2. The maximum atomic E-state index is 5.89. The summed E-state index contributed by atoms with van der Waals surface area (Å²) in [5.74, 6) is 0. The van der Waals surface area contributed by atoms with Crippen molar-refractivity contribution < 1.29 is 0 Å². The Balaban J connectivity index is 2.13. The van der Waals surface area contributed by atoms with Crippen LogP contribution >= 0.6 is 0 Å². The first kappa shape index (κ1) is 13.0. The van der Waals surface area contributed by atoms with E-state index in [1.165, 1.54) is 0 Å². The molecular formula is C17H16N4. The minimum atomic E-state index is 0.480. The van der Waals surface area contributed by atoms with Gasteiger partial charge in [0, 0.05) is 11.3 Å². The van der Waals surface area contributed by atoms with E-state index in [4.69, 9.17) is 11.5 Å². The van der Waals surface area contributed by atoms with E-state index < -0.39 is 0 Å². The van der Waals surface area contributed by atoms with Gasteiger partial charge in [-0.3, -0.25) is 0 Å². The van der Waals surface area contributed by atoms with Gasteiger partial charge in [0.2, 0.25) is 0 Å². The molecule has 0 saturated carbocycles. The molecule has 0 aliphatic rings. The molecule has 0 fully saturated rings. The third-order valence-electron chi connectivity index (χ3n) is 3.25. The van der Waals surface area contributed by atoms with Gasteiger partial charge in [-0.05, 0) is 30.3 Å². The number of rotatable bonds is 3. The summed E-state index contributed by atoms with van der Waals surface area (Å²) in [6, 6.07) is 19.4. The van der Waals surface area contributed by atoms with Crippen molar-refractivity contribution in [3.8, 4) is 16.9 Å². The molecule has 0 spiro atoms. The molecule has 1 aromatic heterocycles. The van der Waals surface area contributed by atoms with Gasteiger partial charge in [0.1, 0.15) is 0 Å². The topological polar surface area (TPSA) is 69.9 Å². The van der Waals surface area contributed by atoms with E-state index in [1.54, 1.807) is 4.68 Å². The maximum Gasteiger partial charge on any atom is 0.0934 e. The van der Waals surface area contributed by atoms with Gasteiger partial charge < -0.3 is 11.5 Å². The predicted octanol–water partition coefficient (Wildman–Crippen LogP) is 3.05. The van der Waals surface area contributed by atoms with Crippen LogP contribution in [0.2, 0.25) is 0 Å². The number of anilines is 1. The van der Waals surface area contributed by atoms with Gasteiger partial charge in [-0.15, -0.1) is 0 Å². The molecule has 0 aliphatic carbocycles. The number of benzene rings is 2. The van der Waals surface area contributed by atoms with E-state index >= 15 is 0 Å². The molecule has 0 bridgehead atoms. The fourth-order valence-corrected chi connectivity index (χ4v) is 2.17. The number of nitrogens with two attached hydrogens (primary N) is 2. The number of nitrogen functional groups attached to an aromatic ring is 1. The van der Waals surface area contributed by atoms with E-state index in [0.717, 1.165) is 28.3 Å². The smallest absolute Gasteiger partial charge is 0.0934 e. The molecule has 0 unspecified atom stereocenters. The lowest BCUT2D eigenvalue weighted by molar-refractivity contribution is 0.869. The first-order valence-corrected chi connectivity index (χ1v) is 6.61. The average Bonchev–Trinajstić information content (AvgIpc) is 2.94. The van der Waals surface area contributed by atoms with Crippen molar-refractivity contribution in [2.75, 3.05) is 5.73 Å². The SMILES string of the molecule is C=C(N)c1cc(-c2ccc(N)cc2)nn1-c1ccccc1. The highest BCUT2D eigenvalue weighted by atomic mass is 15.3. The van der Waals surface area contributed by atoms with Gasteiger partial charge in [-0.25, -0.2) is 4.68 Å². The molecule has 104 valence electrons. The Hall–Kier alpha value is -3.01. The van der Waals surface area contributed by atoms with E-state index in [2.05, 4.69) is 11.7 Å². The second-order valence-corrected chi connectivity index (χ2v) is 4.81. The zero-order chi connectivity index (χ0) is 14.8. The zero-order valence-electron chi connectivity index (χ0n) is 11.5.